The van der Waals surface area contributed by atoms with Gasteiger partial charge in [-0.25, -0.2) is 13.4 Å². The summed E-state index contributed by atoms with van der Waals surface area (Å²) in [5, 5.41) is -0.102. The van der Waals surface area contributed by atoms with Crippen molar-refractivity contribution < 1.29 is 17.9 Å². The molecule has 0 atom stereocenters. The Bertz CT molecular complexity index is 1200. The summed E-state index contributed by atoms with van der Waals surface area (Å²) in [6.07, 6.45) is 1.57. The zero-order valence-corrected chi connectivity index (χ0v) is 17.9. The lowest BCUT2D eigenvalue weighted by Crippen LogP contribution is -2.08. The average molecular weight is 436 g/mol. The van der Waals surface area contributed by atoms with Gasteiger partial charge in [-0.15, -0.1) is 0 Å². The Morgan fingerprint density at radius 2 is 1.45 bits per heavy atom. The Hall–Kier alpha value is -3.65. The Kier molecular flexibility index (Phi) is 5.73. The molecule has 31 heavy (non-hydrogen) atoms. The minimum Gasteiger partial charge on any atom is -0.497 e. The maximum absolute atomic E-state index is 13.1. The summed E-state index contributed by atoms with van der Waals surface area (Å²) in [4.78, 5) is 11.6. The van der Waals surface area contributed by atoms with Crippen LogP contribution in [0, 0.1) is 0 Å². The van der Waals surface area contributed by atoms with Crippen molar-refractivity contribution in [2.24, 2.45) is 0 Å². The number of aromatic amines is 1. The van der Waals surface area contributed by atoms with Crippen molar-refractivity contribution in [3.63, 3.8) is 0 Å². The van der Waals surface area contributed by atoms with E-state index in [9.17, 15) is 8.42 Å². The fourth-order valence-corrected chi connectivity index (χ4v) is 4.35. The van der Waals surface area contributed by atoms with Gasteiger partial charge in [0.15, 0.2) is 0 Å². The quantitative estimate of drug-likeness (QED) is 0.469. The number of nitrogens with zero attached hydrogens (tertiary/aromatic N) is 2. The number of methoxy groups -OCH3 is 2. The topological polar surface area (TPSA) is 94.2 Å². The molecule has 0 aliphatic rings. The predicted molar refractivity (Wildman–Crippen MR) is 118 cm³/mol. The Morgan fingerprint density at radius 3 is 2.00 bits per heavy atom. The molecule has 0 radical (unpaired) electrons. The maximum Gasteiger partial charge on any atom is 0.226 e. The summed E-state index contributed by atoms with van der Waals surface area (Å²) in [7, 11) is -0.550. The van der Waals surface area contributed by atoms with Crippen molar-refractivity contribution in [2.45, 2.75) is 10.9 Å². The molecule has 1 N–H and O–H groups in total. The number of H-pyrrole nitrogens is 1. The van der Waals surface area contributed by atoms with Crippen LogP contribution in [0.1, 0.15) is 5.69 Å². The first-order valence-corrected chi connectivity index (χ1v) is 11.2. The number of imidazole rings is 1. The van der Waals surface area contributed by atoms with Crippen LogP contribution in [0.25, 0.3) is 22.5 Å². The minimum atomic E-state index is -3.74. The van der Waals surface area contributed by atoms with Crippen molar-refractivity contribution in [3.05, 3.63) is 78.6 Å². The van der Waals surface area contributed by atoms with Crippen LogP contribution in [0.15, 0.2) is 78.1 Å². The maximum atomic E-state index is 13.1. The van der Waals surface area contributed by atoms with Crippen LogP contribution in [0.5, 0.6) is 11.5 Å². The van der Waals surface area contributed by atoms with E-state index in [2.05, 4.69) is 15.0 Å². The van der Waals surface area contributed by atoms with Crippen molar-refractivity contribution in [1.82, 2.24) is 15.0 Å². The molecule has 4 rings (SSSR count). The zero-order chi connectivity index (χ0) is 21.8. The summed E-state index contributed by atoms with van der Waals surface area (Å²) in [6.45, 7) is 0. The van der Waals surface area contributed by atoms with Crippen LogP contribution in [-0.2, 0) is 15.6 Å². The average Bonchev–Trinajstić information content (AvgIpc) is 3.26. The molecule has 0 saturated heterocycles. The molecule has 0 saturated carbocycles. The van der Waals surface area contributed by atoms with Crippen LogP contribution >= 0.6 is 0 Å². The van der Waals surface area contributed by atoms with Gasteiger partial charge in [0, 0.05) is 17.3 Å². The van der Waals surface area contributed by atoms with Gasteiger partial charge in [0.25, 0.3) is 0 Å². The summed E-state index contributed by atoms with van der Waals surface area (Å²) in [5.74, 6) is 1.16. The van der Waals surface area contributed by atoms with Crippen LogP contribution < -0.4 is 9.47 Å². The van der Waals surface area contributed by atoms with Gasteiger partial charge in [-0.1, -0.05) is 6.07 Å². The molecular weight excluding hydrogens is 414 g/mol. The first kappa shape index (κ1) is 20.6. The van der Waals surface area contributed by atoms with Crippen molar-refractivity contribution >= 4 is 9.84 Å². The molecule has 0 aliphatic heterocycles. The molecule has 2 heterocycles. The van der Waals surface area contributed by atoms with E-state index in [1.807, 2.05) is 48.5 Å². The number of rotatable bonds is 7. The van der Waals surface area contributed by atoms with Gasteiger partial charge in [-0.2, -0.15) is 0 Å². The van der Waals surface area contributed by atoms with Gasteiger partial charge in [-0.05, 0) is 60.7 Å². The van der Waals surface area contributed by atoms with Crippen molar-refractivity contribution in [1.29, 1.82) is 0 Å². The SMILES string of the molecule is COc1ccc(-c2nc(S(=O)(=O)Cc3ccccn3)[nH]c2-c2ccc(OC)cc2)cc1. The number of sulfone groups is 1. The van der Waals surface area contributed by atoms with Gasteiger partial charge >= 0.3 is 0 Å². The van der Waals surface area contributed by atoms with E-state index >= 15 is 0 Å². The molecule has 8 heteroatoms. The highest BCUT2D eigenvalue weighted by Crippen LogP contribution is 2.33. The van der Waals surface area contributed by atoms with Crippen molar-refractivity contribution in [3.8, 4) is 34.0 Å². The molecule has 0 unspecified atom stereocenters. The molecule has 2 aromatic carbocycles. The lowest BCUT2D eigenvalue weighted by Gasteiger charge is -2.06. The normalized spacial score (nSPS) is 11.3. The molecular formula is C23H21N3O4S. The van der Waals surface area contributed by atoms with Crippen molar-refractivity contribution in [2.75, 3.05) is 14.2 Å². The Labute approximate surface area is 180 Å². The third-order valence-electron chi connectivity index (χ3n) is 4.78. The number of aromatic nitrogens is 3. The zero-order valence-electron chi connectivity index (χ0n) is 17.1. The van der Waals surface area contributed by atoms with Gasteiger partial charge in [0.05, 0.1) is 31.3 Å². The second-order valence-corrected chi connectivity index (χ2v) is 8.71. The molecule has 0 bridgehead atoms. The van der Waals surface area contributed by atoms with Gasteiger partial charge in [0.1, 0.15) is 17.3 Å². The van der Waals surface area contributed by atoms with E-state index in [0.717, 1.165) is 11.1 Å². The van der Waals surface area contributed by atoms with E-state index < -0.39 is 9.84 Å². The molecule has 0 amide bonds. The third kappa shape index (κ3) is 4.44. The molecule has 2 aromatic heterocycles. The standard InChI is InChI=1S/C23H21N3O4S/c1-29-19-10-6-16(7-11-19)21-22(17-8-12-20(30-2)13-9-17)26-23(25-21)31(27,28)15-18-5-3-4-14-24-18/h3-14H,15H2,1-2H3,(H,25,26). The first-order valence-electron chi connectivity index (χ1n) is 9.51. The number of benzene rings is 2. The highest BCUT2D eigenvalue weighted by Gasteiger charge is 2.24. The molecule has 7 nitrogen and oxygen atoms in total. The van der Waals surface area contributed by atoms with Crippen LogP contribution in [0.2, 0.25) is 0 Å². The largest absolute Gasteiger partial charge is 0.497 e. The number of pyridine rings is 1. The second-order valence-electron chi connectivity index (χ2n) is 6.80. The fraction of sp³-hybridized carbons (Fsp3) is 0.130. The van der Waals surface area contributed by atoms with Gasteiger partial charge in [0.2, 0.25) is 15.0 Å². The molecule has 4 aromatic rings. The smallest absolute Gasteiger partial charge is 0.226 e. The number of ether oxygens (including phenoxy) is 2. The molecule has 158 valence electrons. The molecule has 0 fully saturated rings. The third-order valence-corrected chi connectivity index (χ3v) is 6.24. The van der Waals surface area contributed by atoms with Crippen LogP contribution in [0.3, 0.4) is 0 Å². The lowest BCUT2D eigenvalue weighted by atomic mass is 10.0. The second kappa shape index (κ2) is 8.61. The first-order chi connectivity index (χ1) is 15.0. The van der Waals surface area contributed by atoms with E-state index in [1.54, 1.807) is 38.6 Å². The highest BCUT2D eigenvalue weighted by atomic mass is 32.2. The molecule has 0 spiro atoms. The highest BCUT2D eigenvalue weighted by molar-refractivity contribution is 7.90. The number of nitrogens with one attached hydrogen (secondary N) is 1. The Balaban J connectivity index is 1.80. The monoisotopic (exact) mass is 435 g/mol. The summed E-state index contributed by atoms with van der Waals surface area (Å²) in [6, 6.07) is 19.8. The van der Waals surface area contributed by atoms with Crippen LogP contribution in [0.4, 0.5) is 0 Å². The predicted octanol–water partition coefficient (Wildman–Crippen LogP) is 4.13. The van der Waals surface area contributed by atoms with E-state index in [-0.39, 0.29) is 10.9 Å². The minimum absolute atomic E-state index is 0.102. The fourth-order valence-electron chi connectivity index (χ4n) is 3.17. The Morgan fingerprint density at radius 1 is 0.839 bits per heavy atom. The lowest BCUT2D eigenvalue weighted by molar-refractivity contribution is 0.414. The number of hydrogen-bond acceptors (Lipinski definition) is 6. The van der Waals surface area contributed by atoms with E-state index in [1.165, 1.54) is 0 Å². The number of hydrogen-bond donors (Lipinski definition) is 1. The van der Waals surface area contributed by atoms with E-state index in [0.29, 0.717) is 28.6 Å². The summed E-state index contributed by atoms with van der Waals surface area (Å²) >= 11 is 0. The van der Waals surface area contributed by atoms with Gasteiger partial charge < -0.3 is 14.5 Å². The summed E-state index contributed by atoms with van der Waals surface area (Å²) in [5.41, 5.74) is 3.15. The van der Waals surface area contributed by atoms with Gasteiger partial charge in [-0.3, -0.25) is 4.98 Å². The van der Waals surface area contributed by atoms with E-state index in [4.69, 9.17) is 9.47 Å². The molecule has 0 aliphatic carbocycles. The van der Waals surface area contributed by atoms with Crippen LogP contribution in [-0.4, -0.2) is 37.6 Å². The summed E-state index contributed by atoms with van der Waals surface area (Å²) < 4.78 is 36.6.